The highest BCUT2D eigenvalue weighted by Crippen LogP contribution is 2.32. The quantitative estimate of drug-likeness (QED) is 0.799. The van der Waals surface area contributed by atoms with Gasteiger partial charge in [0.25, 0.3) is 10.0 Å². The number of nitrogens with one attached hydrogen (secondary N) is 1. The molecule has 0 saturated heterocycles. The van der Waals surface area contributed by atoms with E-state index in [0.717, 1.165) is 17.8 Å². The molecule has 1 N–H and O–H groups in total. The summed E-state index contributed by atoms with van der Waals surface area (Å²) in [5, 5.41) is 3.46. The molecule has 0 atom stereocenters. The van der Waals surface area contributed by atoms with Crippen LogP contribution in [-0.4, -0.2) is 38.9 Å². The zero-order valence-corrected chi connectivity index (χ0v) is 13.5. The highest BCUT2D eigenvalue weighted by molar-refractivity contribution is 7.91. The maximum atomic E-state index is 12.4. The summed E-state index contributed by atoms with van der Waals surface area (Å²) in [6.45, 7) is 1.61. The minimum Gasteiger partial charge on any atom is -0.314 e. The molecule has 0 aromatic carbocycles. The number of nitrogens with zero attached hydrogens (tertiary/aromatic N) is 1. The third kappa shape index (κ3) is 3.61. The van der Waals surface area contributed by atoms with Crippen LogP contribution in [-0.2, 0) is 16.4 Å². The van der Waals surface area contributed by atoms with Crippen molar-refractivity contribution < 1.29 is 8.42 Å². The Hall–Kier alpha value is -0.430. The SMILES string of the molecule is CN(CC1CC1)S(=O)(=O)c1ccc(CCNC2CC2)s1. The van der Waals surface area contributed by atoms with Crippen molar-refractivity contribution in [2.24, 2.45) is 5.92 Å². The summed E-state index contributed by atoms with van der Waals surface area (Å²) in [7, 11) is -1.57. The van der Waals surface area contributed by atoms with Crippen LogP contribution < -0.4 is 5.32 Å². The molecule has 2 aliphatic rings. The first kappa shape index (κ1) is 14.5. The Labute approximate surface area is 125 Å². The molecule has 1 aromatic rings. The van der Waals surface area contributed by atoms with Crippen LogP contribution in [0.5, 0.6) is 0 Å². The standard InChI is InChI=1S/C14H22N2O2S2/c1-16(10-11-2-3-11)20(17,18)14-7-6-13(19-14)8-9-15-12-4-5-12/h6-7,11-12,15H,2-5,8-10H2,1H3. The zero-order valence-electron chi connectivity index (χ0n) is 11.8. The van der Waals surface area contributed by atoms with Gasteiger partial charge in [0.1, 0.15) is 4.21 Å². The summed E-state index contributed by atoms with van der Waals surface area (Å²) in [5.74, 6) is 0.581. The van der Waals surface area contributed by atoms with Gasteiger partial charge in [0.05, 0.1) is 0 Å². The molecule has 112 valence electrons. The summed E-state index contributed by atoms with van der Waals surface area (Å²) in [4.78, 5) is 1.15. The van der Waals surface area contributed by atoms with E-state index in [9.17, 15) is 8.42 Å². The van der Waals surface area contributed by atoms with E-state index in [1.165, 1.54) is 41.3 Å². The molecule has 1 heterocycles. The van der Waals surface area contributed by atoms with Crippen molar-refractivity contribution in [2.45, 2.75) is 42.4 Å². The van der Waals surface area contributed by atoms with Crippen molar-refractivity contribution in [1.82, 2.24) is 9.62 Å². The second-order valence-corrected chi connectivity index (χ2v) is 9.37. The molecule has 2 fully saturated rings. The highest BCUT2D eigenvalue weighted by Gasteiger charge is 2.30. The average molecular weight is 314 g/mol. The second kappa shape index (κ2) is 5.75. The molecule has 0 bridgehead atoms. The van der Waals surface area contributed by atoms with Gasteiger partial charge in [0.2, 0.25) is 0 Å². The van der Waals surface area contributed by atoms with E-state index >= 15 is 0 Å². The van der Waals surface area contributed by atoms with Gasteiger partial charge in [-0.1, -0.05) is 0 Å². The Morgan fingerprint density at radius 3 is 2.70 bits per heavy atom. The number of rotatable bonds is 8. The van der Waals surface area contributed by atoms with Crippen molar-refractivity contribution in [3.63, 3.8) is 0 Å². The van der Waals surface area contributed by atoms with E-state index < -0.39 is 10.0 Å². The van der Waals surface area contributed by atoms with Gasteiger partial charge < -0.3 is 5.32 Å². The summed E-state index contributed by atoms with van der Waals surface area (Å²) in [6, 6.07) is 4.43. The molecule has 4 nitrogen and oxygen atoms in total. The normalized spacial score (nSPS) is 19.7. The van der Waals surface area contributed by atoms with E-state index in [2.05, 4.69) is 5.32 Å². The first-order valence-electron chi connectivity index (χ1n) is 7.34. The molecule has 0 amide bonds. The Kier molecular flexibility index (Phi) is 4.17. The lowest BCUT2D eigenvalue weighted by Gasteiger charge is -2.15. The zero-order chi connectivity index (χ0) is 14.2. The van der Waals surface area contributed by atoms with Crippen LogP contribution in [0.1, 0.15) is 30.6 Å². The summed E-state index contributed by atoms with van der Waals surface area (Å²) >= 11 is 1.42. The fourth-order valence-electron chi connectivity index (χ4n) is 2.23. The van der Waals surface area contributed by atoms with Crippen LogP contribution in [0.4, 0.5) is 0 Å². The average Bonchev–Trinajstić information content (AvgIpc) is 3.31. The molecule has 20 heavy (non-hydrogen) atoms. The lowest BCUT2D eigenvalue weighted by Crippen LogP contribution is -2.28. The van der Waals surface area contributed by atoms with E-state index in [1.807, 2.05) is 6.07 Å². The van der Waals surface area contributed by atoms with Gasteiger partial charge in [0.15, 0.2) is 0 Å². The molecule has 0 radical (unpaired) electrons. The smallest absolute Gasteiger partial charge is 0.252 e. The largest absolute Gasteiger partial charge is 0.314 e. The fraction of sp³-hybridized carbons (Fsp3) is 0.714. The van der Waals surface area contributed by atoms with Crippen molar-refractivity contribution in [2.75, 3.05) is 20.1 Å². The first-order chi connectivity index (χ1) is 9.55. The summed E-state index contributed by atoms with van der Waals surface area (Å²) < 4.78 is 26.8. The molecule has 1 aromatic heterocycles. The monoisotopic (exact) mass is 314 g/mol. The van der Waals surface area contributed by atoms with Crippen molar-refractivity contribution >= 4 is 21.4 Å². The lowest BCUT2D eigenvalue weighted by atomic mass is 10.3. The molecule has 0 aliphatic heterocycles. The predicted octanol–water partition coefficient (Wildman–Crippen LogP) is 2.07. The summed E-state index contributed by atoms with van der Waals surface area (Å²) in [6.07, 6.45) is 5.83. The van der Waals surface area contributed by atoms with Gasteiger partial charge in [-0.15, -0.1) is 11.3 Å². The second-order valence-electron chi connectivity index (χ2n) is 5.93. The van der Waals surface area contributed by atoms with Crippen LogP contribution in [0.3, 0.4) is 0 Å². The van der Waals surface area contributed by atoms with Crippen molar-refractivity contribution in [3.8, 4) is 0 Å². The highest BCUT2D eigenvalue weighted by atomic mass is 32.2. The van der Waals surface area contributed by atoms with Gasteiger partial charge in [-0.2, -0.15) is 4.31 Å². The Balaban J connectivity index is 1.58. The number of sulfonamides is 1. The van der Waals surface area contributed by atoms with Crippen molar-refractivity contribution in [1.29, 1.82) is 0 Å². The maximum Gasteiger partial charge on any atom is 0.252 e. The van der Waals surface area contributed by atoms with Gasteiger partial charge in [-0.25, -0.2) is 8.42 Å². The molecule has 6 heteroatoms. The van der Waals surface area contributed by atoms with Crippen LogP contribution in [0.2, 0.25) is 0 Å². The third-order valence-corrected chi connectivity index (χ3v) is 7.33. The third-order valence-electron chi connectivity index (χ3n) is 3.90. The number of hydrogen-bond donors (Lipinski definition) is 1. The Morgan fingerprint density at radius 2 is 2.05 bits per heavy atom. The van der Waals surface area contributed by atoms with E-state index in [0.29, 0.717) is 22.7 Å². The van der Waals surface area contributed by atoms with Crippen LogP contribution in [0, 0.1) is 5.92 Å². The van der Waals surface area contributed by atoms with Crippen LogP contribution in [0.15, 0.2) is 16.3 Å². The molecule has 3 rings (SSSR count). The van der Waals surface area contributed by atoms with Gasteiger partial charge in [0, 0.05) is 31.1 Å². The molecular formula is C14H22N2O2S2. The molecule has 0 unspecified atom stereocenters. The lowest BCUT2D eigenvalue weighted by molar-refractivity contribution is 0.454. The summed E-state index contributed by atoms with van der Waals surface area (Å²) in [5.41, 5.74) is 0. The number of hydrogen-bond acceptors (Lipinski definition) is 4. The number of thiophene rings is 1. The van der Waals surface area contributed by atoms with Gasteiger partial charge in [-0.05, 0) is 50.2 Å². The minimum absolute atomic E-state index is 0.488. The minimum atomic E-state index is -3.27. The van der Waals surface area contributed by atoms with Crippen molar-refractivity contribution in [3.05, 3.63) is 17.0 Å². The topological polar surface area (TPSA) is 49.4 Å². The van der Waals surface area contributed by atoms with Crippen LogP contribution in [0.25, 0.3) is 0 Å². The van der Waals surface area contributed by atoms with Crippen LogP contribution >= 0.6 is 11.3 Å². The van der Waals surface area contributed by atoms with E-state index in [-0.39, 0.29) is 0 Å². The fourth-order valence-corrected chi connectivity index (χ4v) is 5.05. The van der Waals surface area contributed by atoms with Gasteiger partial charge >= 0.3 is 0 Å². The Morgan fingerprint density at radius 1 is 1.30 bits per heavy atom. The molecule has 0 spiro atoms. The molecule has 2 aliphatic carbocycles. The van der Waals surface area contributed by atoms with E-state index in [4.69, 9.17) is 0 Å². The molecular weight excluding hydrogens is 292 g/mol. The Bertz CT molecular complexity index is 559. The maximum absolute atomic E-state index is 12.4. The predicted molar refractivity (Wildman–Crippen MR) is 81.6 cm³/mol. The first-order valence-corrected chi connectivity index (χ1v) is 9.60. The van der Waals surface area contributed by atoms with E-state index in [1.54, 1.807) is 13.1 Å². The molecule has 2 saturated carbocycles. The van der Waals surface area contributed by atoms with Gasteiger partial charge in [-0.3, -0.25) is 0 Å².